The number of hydrogen-bond acceptors (Lipinski definition) is 3. The van der Waals surface area contributed by atoms with Gasteiger partial charge in [-0.25, -0.2) is 4.79 Å². The predicted octanol–water partition coefficient (Wildman–Crippen LogP) is 3.67. The van der Waals surface area contributed by atoms with Gasteiger partial charge in [0, 0.05) is 18.0 Å². The molecule has 0 aliphatic heterocycles. The van der Waals surface area contributed by atoms with Crippen LogP contribution in [-0.4, -0.2) is 16.1 Å². The van der Waals surface area contributed by atoms with E-state index in [9.17, 15) is 4.79 Å². The van der Waals surface area contributed by atoms with Gasteiger partial charge in [0.1, 0.15) is 12.2 Å². The Kier molecular flexibility index (Phi) is 4.24. The molecule has 19 heavy (non-hydrogen) atoms. The van der Waals surface area contributed by atoms with Crippen LogP contribution in [0.25, 0.3) is 0 Å². The molecule has 0 radical (unpaired) electrons. The summed E-state index contributed by atoms with van der Waals surface area (Å²) in [6.45, 7) is 0.116. The van der Waals surface area contributed by atoms with Crippen LogP contribution in [-0.2, 0) is 6.61 Å². The number of nitrogens with zero attached hydrogens (tertiary/aromatic N) is 1. The Hall–Kier alpha value is -1.78. The van der Waals surface area contributed by atoms with Crippen molar-refractivity contribution in [2.24, 2.45) is 0 Å². The average Bonchev–Trinajstić information content (AvgIpc) is 2.38. The highest BCUT2D eigenvalue weighted by Crippen LogP contribution is 2.30. The molecule has 0 fully saturated rings. The maximum absolute atomic E-state index is 11.1. The van der Waals surface area contributed by atoms with E-state index in [1.54, 1.807) is 24.4 Å². The first-order valence-corrected chi connectivity index (χ1v) is 6.08. The lowest BCUT2D eigenvalue weighted by Gasteiger charge is -2.11. The van der Waals surface area contributed by atoms with E-state index in [0.717, 1.165) is 0 Å². The Labute approximate surface area is 119 Å². The third-order valence-corrected chi connectivity index (χ3v) is 3.06. The van der Waals surface area contributed by atoms with Crippen LogP contribution in [0.4, 0.5) is 0 Å². The van der Waals surface area contributed by atoms with E-state index >= 15 is 0 Å². The number of carbonyl (C=O) groups is 1. The number of aromatic nitrogens is 1. The summed E-state index contributed by atoms with van der Waals surface area (Å²) in [4.78, 5) is 14.9. The fourth-order valence-corrected chi connectivity index (χ4v) is 1.90. The zero-order valence-corrected chi connectivity index (χ0v) is 11.1. The number of halogens is 2. The first-order chi connectivity index (χ1) is 9.09. The molecule has 0 saturated heterocycles. The van der Waals surface area contributed by atoms with Gasteiger partial charge in [-0.2, -0.15) is 0 Å². The highest BCUT2D eigenvalue weighted by Gasteiger charge is 2.15. The first-order valence-electron chi connectivity index (χ1n) is 5.32. The Morgan fingerprint density at radius 1 is 1.26 bits per heavy atom. The number of carboxylic acid groups (broad SMARTS) is 1. The molecule has 1 heterocycles. The van der Waals surface area contributed by atoms with Crippen LogP contribution < -0.4 is 4.74 Å². The molecule has 0 saturated carbocycles. The third-order valence-electron chi connectivity index (χ3n) is 2.43. The second kappa shape index (κ2) is 5.91. The smallest absolute Gasteiger partial charge is 0.339 e. The fraction of sp³-hybridized carbons (Fsp3) is 0.0769. The summed E-state index contributed by atoms with van der Waals surface area (Å²) in [7, 11) is 0. The molecule has 0 spiro atoms. The molecule has 98 valence electrons. The fourth-order valence-electron chi connectivity index (χ4n) is 1.49. The molecule has 1 N–H and O–H groups in total. The van der Waals surface area contributed by atoms with Gasteiger partial charge in [-0.15, -0.1) is 0 Å². The quantitative estimate of drug-likeness (QED) is 0.935. The molecule has 0 aliphatic rings. The minimum absolute atomic E-state index is 0.0117. The van der Waals surface area contributed by atoms with E-state index < -0.39 is 5.97 Å². The van der Waals surface area contributed by atoms with Crippen LogP contribution in [0, 0.1) is 0 Å². The van der Waals surface area contributed by atoms with Crippen molar-refractivity contribution in [2.45, 2.75) is 6.61 Å². The predicted molar refractivity (Wildman–Crippen MR) is 72.0 cm³/mol. The van der Waals surface area contributed by atoms with Gasteiger partial charge < -0.3 is 9.84 Å². The lowest BCUT2D eigenvalue weighted by molar-refractivity contribution is 0.0692. The largest absolute Gasteiger partial charge is 0.486 e. The molecule has 0 amide bonds. The van der Waals surface area contributed by atoms with Gasteiger partial charge in [0.2, 0.25) is 0 Å². The Morgan fingerprint density at radius 3 is 2.74 bits per heavy atom. The Morgan fingerprint density at radius 2 is 2.05 bits per heavy atom. The number of carboxylic acids is 1. The molecular weight excluding hydrogens is 289 g/mol. The number of para-hydroxylation sites is 1. The van der Waals surface area contributed by atoms with E-state index in [-0.39, 0.29) is 22.9 Å². The van der Waals surface area contributed by atoms with Crippen molar-refractivity contribution < 1.29 is 14.6 Å². The van der Waals surface area contributed by atoms with E-state index in [4.69, 9.17) is 33.0 Å². The number of hydrogen-bond donors (Lipinski definition) is 1. The van der Waals surface area contributed by atoms with Crippen molar-refractivity contribution >= 4 is 29.2 Å². The van der Waals surface area contributed by atoms with Gasteiger partial charge in [-0.3, -0.25) is 4.98 Å². The van der Waals surface area contributed by atoms with Gasteiger partial charge in [-0.05, 0) is 18.2 Å². The second-order valence-electron chi connectivity index (χ2n) is 3.68. The normalized spacial score (nSPS) is 10.2. The number of rotatable bonds is 4. The number of benzene rings is 1. The third kappa shape index (κ3) is 3.16. The maximum Gasteiger partial charge on any atom is 0.339 e. The molecule has 0 bridgehead atoms. The molecule has 1 aromatic carbocycles. The van der Waals surface area contributed by atoms with Crippen molar-refractivity contribution in [1.29, 1.82) is 0 Å². The Bertz CT molecular complexity index is 617. The molecule has 0 aliphatic carbocycles. The van der Waals surface area contributed by atoms with Crippen LogP contribution in [0.1, 0.15) is 15.9 Å². The molecule has 1 aromatic heterocycles. The van der Waals surface area contributed by atoms with Crippen LogP contribution in [0.3, 0.4) is 0 Å². The zero-order chi connectivity index (χ0) is 13.8. The van der Waals surface area contributed by atoms with Gasteiger partial charge in [0.25, 0.3) is 0 Å². The van der Waals surface area contributed by atoms with Gasteiger partial charge in [-0.1, -0.05) is 29.3 Å². The number of pyridine rings is 1. The van der Waals surface area contributed by atoms with Gasteiger partial charge in [0.05, 0.1) is 10.0 Å². The van der Waals surface area contributed by atoms with Crippen molar-refractivity contribution in [2.75, 3.05) is 0 Å². The van der Waals surface area contributed by atoms with Crippen molar-refractivity contribution in [3.8, 4) is 5.75 Å². The summed E-state index contributed by atoms with van der Waals surface area (Å²) < 4.78 is 5.47. The van der Waals surface area contributed by atoms with Crippen molar-refractivity contribution in [3.63, 3.8) is 0 Å². The van der Waals surface area contributed by atoms with Crippen LogP contribution in [0.2, 0.25) is 10.0 Å². The van der Waals surface area contributed by atoms with Gasteiger partial charge in [0.15, 0.2) is 5.75 Å². The molecule has 2 rings (SSSR count). The zero-order valence-electron chi connectivity index (χ0n) is 9.64. The molecule has 6 heteroatoms. The first kappa shape index (κ1) is 13.6. The summed E-state index contributed by atoms with van der Waals surface area (Å²) in [5.74, 6) is -0.970. The lowest BCUT2D eigenvalue weighted by atomic mass is 10.2. The lowest BCUT2D eigenvalue weighted by Crippen LogP contribution is -2.04. The second-order valence-corrected chi connectivity index (χ2v) is 4.49. The molecular formula is C13H9Cl2NO3. The summed E-state index contributed by atoms with van der Waals surface area (Å²) in [6.07, 6.45) is 3.07. The summed E-state index contributed by atoms with van der Waals surface area (Å²) in [5, 5.41) is 9.76. The van der Waals surface area contributed by atoms with Crippen LogP contribution in [0.15, 0.2) is 36.7 Å². The van der Waals surface area contributed by atoms with Crippen molar-refractivity contribution in [3.05, 3.63) is 57.8 Å². The number of ether oxygens (including phenoxy) is 1. The topological polar surface area (TPSA) is 59.4 Å². The molecule has 4 nitrogen and oxygen atoms in total. The van der Waals surface area contributed by atoms with E-state index in [1.165, 1.54) is 12.3 Å². The molecule has 0 atom stereocenters. The SMILES string of the molecule is O=C(O)c1cccc(Cl)c1OCc1ccncc1Cl. The Balaban J connectivity index is 2.25. The van der Waals surface area contributed by atoms with Crippen LogP contribution in [0.5, 0.6) is 5.75 Å². The maximum atomic E-state index is 11.1. The minimum Gasteiger partial charge on any atom is -0.486 e. The number of aromatic carboxylic acids is 1. The average molecular weight is 298 g/mol. The van der Waals surface area contributed by atoms with Gasteiger partial charge >= 0.3 is 5.97 Å². The minimum atomic E-state index is -1.10. The summed E-state index contributed by atoms with van der Waals surface area (Å²) in [5.41, 5.74) is 0.714. The standard InChI is InChI=1S/C13H9Cl2NO3/c14-10-3-1-2-9(13(17)18)12(10)19-7-8-4-5-16-6-11(8)15/h1-6H,7H2,(H,17,18). The van der Waals surface area contributed by atoms with E-state index in [1.807, 2.05) is 0 Å². The summed E-state index contributed by atoms with van der Waals surface area (Å²) in [6, 6.07) is 6.24. The van der Waals surface area contributed by atoms with Crippen LogP contribution >= 0.6 is 23.2 Å². The summed E-state index contributed by atoms with van der Waals surface area (Å²) >= 11 is 11.9. The molecule has 2 aromatic rings. The van der Waals surface area contributed by atoms with Crippen molar-refractivity contribution in [1.82, 2.24) is 4.98 Å². The van der Waals surface area contributed by atoms with E-state index in [0.29, 0.717) is 10.6 Å². The molecule has 0 unspecified atom stereocenters. The highest BCUT2D eigenvalue weighted by atomic mass is 35.5. The van der Waals surface area contributed by atoms with E-state index in [2.05, 4.69) is 4.98 Å². The highest BCUT2D eigenvalue weighted by molar-refractivity contribution is 6.32. The monoisotopic (exact) mass is 297 g/mol.